The zero-order valence-electron chi connectivity index (χ0n) is 16.0. The van der Waals surface area contributed by atoms with Gasteiger partial charge < -0.3 is 14.4 Å². The van der Waals surface area contributed by atoms with Gasteiger partial charge in [-0.15, -0.1) is 11.3 Å². The van der Waals surface area contributed by atoms with Gasteiger partial charge in [-0.1, -0.05) is 18.9 Å². The van der Waals surface area contributed by atoms with Crippen LogP contribution in [-0.2, 0) is 13.1 Å². The molecular weight excluding hydrogens is 372 g/mol. The van der Waals surface area contributed by atoms with Crippen LogP contribution < -0.4 is 0 Å². The molecular formula is C21H26N4O2S. The summed E-state index contributed by atoms with van der Waals surface area (Å²) in [6, 6.07) is 4.38. The van der Waals surface area contributed by atoms with Crippen molar-refractivity contribution >= 4 is 23.2 Å². The molecule has 3 heterocycles. The monoisotopic (exact) mass is 398 g/mol. The van der Waals surface area contributed by atoms with E-state index in [1.165, 1.54) is 30.6 Å². The first-order valence-electron chi connectivity index (χ1n) is 10.4. The third-order valence-corrected chi connectivity index (χ3v) is 7.05. The number of rotatable bonds is 6. The van der Waals surface area contributed by atoms with Crippen molar-refractivity contribution in [2.45, 2.75) is 57.7 Å². The van der Waals surface area contributed by atoms with E-state index < -0.39 is 0 Å². The van der Waals surface area contributed by atoms with Gasteiger partial charge in [0.05, 0.1) is 6.54 Å². The molecule has 2 amide bonds. The van der Waals surface area contributed by atoms with Crippen LogP contribution in [0.25, 0.3) is 0 Å². The molecule has 148 valence electrons. The normalized spacial score (nSPS) is 19.9. The molecule has 6 nitrogen and oxygen atoms in total. The Balaban J connectivity index is 1.38. The van der Waals surface area contributed by atoms with Crippen molar-refractivity contribution in [1.82, 2.24) is 19.4 Å². The zero-order chi connectivity index (χ0) is 19.1. The molecule has 0 bridgehead atoms. The summed E-state index contributed by atoms with van der Waals surface area (Å²) < 4.78 is 1.87. The number of amides is 2. The first-order chi connectivity index (χ1) is 13.7. The minimum atomic E-state index is -0.0382. The van der Waals surface area contributed by atoms with Gasteiger partial charge in [0, 0.05) is 36.8 Å². The average molecular weight is 399 g/mol. The summed E-state index contributed by atoms with van der Waals surface area (Å²) in [5, 5.41) is 2.05. The highest BCUT2D eigenvalue weighted by Gasteiger charge is 2.34. The van der Waals surface area contributed by atoms with Gasteiger partial charge in [-0.3, -0.25) is 9.59 Å². The lowest BCUT2D eigenvalue weighted by atomic mass is 10.2. The number of hydrogen-bond donors (Lipinski definition) is 0. The van der Waals surface area contributed by atoms with E-state index in [0.29, 0.717) is 30.5 Å². The van der Waals surface area contributed by atoms with Crippen LogP contribution in [-0.4, -0.2) is 50.3 Å². The smallest absolute Gasteiger partial charge is 0.289 e. The predicted molar refractivity (Wildman–Crippen MR) is 107 cm³/mol. The highest BCUT2D eigenvalue weighted by atomic mass is 32.1. The average Bonchev–Trinajstić information content (AvgIpc) is 3.16. The largest absolute Gasteiger partial charge is 0.334 e. The fraction of sp³-hybridized carbons (Fsp3) is 0.571. The number of fused-ring (bicyclic) bond motifs is 1. The second kappa shape index (κ2) is 7.35. The maximum atomic E-state index is 13.4. The van der Waals surface area contributed by atoms with Crippen LogP contribution in [0.1, 0.15) is 64.5 Å². The Bertz CT molecular complexity index is 865. The van der Waals surface area contributed by atoms with Crippen LogP contribution in [0.15, 0.2) is 23.7 Å². The summed E-state index contributed by atoms with van der Waals surface area (Å²) in [5.41, 5.74) is 0.417. The summed E-state index contributed by atoms with van der Waals surface area (Å²) in [4.78, 5) is 35.8. The molecule has 0 N–H and O–H groups in total. The number of carbonyl (C=O) groups excluding carboxylic acids is 2. The summed E-state index contributed by atoms with van der Waals surface area (Å²) in [7, 11) is 0. The van der Waals surface area contributed by atoms with E-state index in [9.17, 15) is 9.59 Å². The van der Waals surface area contributed by atoms with Crippen molar-refractivity contribution in [1.29, 1.82) is 0 Å². The second-order valence-electron chi connectivity index (χ2n) is 8.29. The Morgan fingerprint density at radius 3 is 2.75 bits per heavy atom. The molecule has 2 saturated carbocycles. The van der Waals surface area contributed by atoms with Crippen LogP contribution in [0.2, 0.25) is 0 Å². The summed E-state index contributed by atoms with van der Waals surface area (Å²) in [6.45, 7) is 2.91. The summed E-state index contributed by atoms with van der Waals surface area (Å²) >= 11 is 1.68. The minimum Gasteiger partial charge on any atom is -0.334 e. The van der Waals surface area contributed by atoms with Crippen LogP contribution in [0.3, 0.4) is 0 Å². The van der Waals surface area contributed by atoms with E-state index in [-0.39, 0.29) is 17.9 Å². The summed E-state index contributed by atoms with van der Waals surface area (Å²) in [5.74, 6) is 1.03. The van der Waals surface area contributed by atoms with Crippen molar-refractivity contribution < 1.29 is 9.59 Å². The van der Waals surface area contributed by atoms with Gasteiger partial charge in [0.15, 0.2) is 5.82 Å². The molecule has 0 atom stereocenters. The number of aromatic nitrogens is 2. The molecule has 2 aromatic heterocycles. The van der Waals surface area contributed by atoms with Crippen molar-refractivity contribution in [3.8, 4) is 0 Å². The lowest BCUT2D eigenvalue weighted by Gasteiger charge is -2.28. The van der Waals surface area contributed by atoms with Gasteiger partial charge in [-0.05, 0) is 43.0 Å². The molecule has 2 aliphatic carbocycles. The third kappa shape index (κ3) is 3.48. The minimum absolute atomic E-state index is 0.0251. The van der Waals surface area contributed by atoms with E-state index in [2.05, 4.69) is 16.4 Å². The number of nitrogens with zero attached hydrogens (tertiary/aromatic N) is 4. The molecule has 0 aromatic carbocycles. The van der Waals surface area contributed by atoms with E-state index >= 15 is 0 Å². The van der Waals surface area contributed by atoms with Crippen molar-refractivity contribution in [2.24, 2.45) is 5.92 Å². The first-order valence-corrected chi connectivity index (χ1v) is 11.3. The van der Waals surface area contributed by atoms with Crippen LogP contribution >= 0.6 is 11.3 Å². The first kappa shape index (κ1) is 17.9. The maximum absolute atomic E-state index is 13.4. The topological polar surface area (TPSA) is 58.4 Å². The van der Waals surface area contributed by atoms with Gasteiger partial charge in [0.2, 0.25) is 0 Å². The molecule has 0 radical (unpaired) electrons. The summed E-state index contributed by atoms with van der Waals surface area (Å²) in [6.07, 6.45) is 8.69. The van der Waals surface area contributed by atoms with Crippen molar-refractivity contribution in [3.63, 3.8) is 0 Å². The van der Waals surface area contributed by atoms with Gasteiger partial charge in [0.25, 0.3) is 11.8 Å². The van der Waals surface area contributed by atoms with E-state index in [1.807, 2.05) is 20.4 Å². The highest BCUT2D eigenvalue weighted by Crippen LogP contribution is 2.31. The molecule has 7 heteroatoms. The quantitative estimate of drug-likeness (QED) is 0.749. The molecule has 0 unspecified atom stereocenters. The number of hydrogen-bond acceptors (Lipinski definition) is 4. The second-order valence-corrected chi connectivity index (χ2v) is 9.32. The van der Waals surface area contributed by atoms with E-state index in [1.54, 1.807) is 17.5 Å². The van der Waals surface area contributed by atoms with Crippen molar-refractivity contribution in [3.05, 3.63) is 40.1 Å². The molecule has 1 aliphatic heterocycles. The molecule has 2 fully saturated rings. The Hall–Kier alpha value is -2.15. The maximum Gasteiger partial charge on any atom is 0.289 e. The number of thiophene rings is 1. The SMILES string of the molecule is O=C1c2nc(C(=O)N(Cc3cccs3)C3CCCC3)cn2CCN1CC1CC1. The fourth-order valence-electron chi connectivity index (χ4n) is 4.42. The van der Waals surface area contributed by atoms with Crippen LogP contribution in [0.5, 0.6) is 0 Å². The van der Waals surface area contributed by atoms with Crippen molar-refractivity contribution in [2.75, 3.05) is 13.1 Å². The molecule has 2 aromatic rings. The molecule has 28 heavy (non-hydrogen) atoms. The fourth-order valence-corrected chi connectivity index (χ4v) is 5.12. The predicted octanol–water partition coefficient (Wildman–Crippen LogP) is 3.40. The van der Waals surface area contributed by atoms with Crippen LogP contribution in [0.4, 0.5) is 0 Å². The third-order valence-electron chi connectivity index (χ3n) is 6.19. The Labute approximate surface area is 169 Å². The van der Waals surface area contributed by atoms with E-state index in [4.69, 9.17) is 0 Å². The number of imidazole rings is 1. The standard InChI is InChI=1S/C21H26N4O2S/c26-20(25(16-4-1-2-5-16)13-17-6-3-11-28-17)18-14-23-9-10-24(12-15-7-8-15)21(27)19(23)22-18/h3,6,11,14-16H,1-2,4-5,7-10,12-13H2. The highest BCUT2D eigenvalue weighted by molar-refractivity contribution is 7.09. The van der Waals surface area contributed by atoms with Gasteiger partial charge in [-0.2, -0.15) is 0 Å². The molecule has 3 aliphatic rings. The van der Waals surface area contributed by atoms with Crippen LogP contribution in [0, 0.1) is 5.92 Å². The number of carbonyl (C=O) groups is 2. The van der Waals surface area contributed by atoms with Gasteiger partial charge >= 0.3 is 0 Å². The Morgan fingerprint density at radius 2 is 2.04 bits per heavy atom. The molecule has 0 spiro atoms. The van der Waals surface area contributed by atoms with E-state index in [0.717, 1.165) is 25.9 Å². The van der Waals surface area contributed by atoms with Gasteiger partial charge in [0.1, 0.15) is 5.69 Å². The molecule has 0 saturated heterocycles. The van der Waals surface area contributed by atoms with Gasteiger partial charge in [-0.25, -0.2) is 4.98 Å². The lowest BCUT2D eigenvalue weighted by molar-refractivity contribution is 0.0661. The Morgan fingerprint density at radius 1 is 1.21 bits per heavy atom. The molecule has 5 rings (SSSR count). The zero-order valence-corrected chi connectivity index (χ0v) is 16.9. The Kier molecular flexibility index (Phi) is 4.70. The lowest BCUT2D eigenvalue weighted by Crippen LogP contribution is -2.41.